The van der Waals surface area contributed by atoms with Gasteiger partial charge >= 0.3 is 0 Å². The molecule has 1 heterocycles. The monoisotopic (exact) mass is 261 g/mol. The molecule has 1 aliphatic heterocycles. The van der Waals surface area contributed by atoms with E-state index in [1.54, 1.807) is 0 Å². The van der Waals surface area contributed by atoms with Crippen LogP contribution in [0.2, 0.25) is 0 Å². The summed E-state index contributed by atoms with van der Waals surface area (Å²) in [5.74, 6) is 0. The lowest BCUT2D eigenvalue weighted by atomic mass is 9.91. The van der Waals surface area contributed by atoms with Crippen LogP contribution in [-0.2, 0) is 0 Å². The van der Waals surface area contributed by atoms with Crippen LogP contribution in [-0.4, -0.2) is 44.7 Å². The second-order valence-corrected chi connectivity index (χ2v) is 5.88. The van der Waals surface area contributed by atoms with Gasteiger partial charge in [0.25, 0.3) is 0 Å². The Hall–Kier alpha value is -0.900. The molecule has 0 amide bonds. The van der Waals surface area contributed by atoms with E-state index < -0.39 is 0 Å². The fourth-order valence-electron chi connectivity index (χ4n) is 3.05. The summed E-state index contributed by atoms with van der Waals surface area (Å²) in [7, 11) is 4.27. The molecule has 2 N–H and O–H groups in total. The predicted octanol–water partition coefficient (Wildman–Crippen LogP) is 1.78. The van der Waals surface area contributed by atoms with Crippen LogP contribution in [0.3, 0.4) is 0 Å². The van der Waals surface area contributed by atoms with Gasteiger partial charge in [-0.25, -0.2) is 0 Å². The van der Waals surface area contributed by atoms with E-state index in [9.17, 15) is 0 Å². The van der Waals surface area contributed by atoms with Crippen LogP contribution in [0.1, 0.15) is 28.3 Å². The van der Waals surface area contributed by atoms with E-state index in [1.807, 2.05) is 0 Å². The highest BCUT2D eigenvalue weighted by Crippen LogP contribution is 2.25. The Labute approximate surface area is 117 Å². The van der Waals surface area contributed by atoms with Crippen molar-refractivity contribution in [3.05, 3.63) is 34.4 Å². The van der Waals surface area contributed by atoms with Gasteiger partial charge in [0.05, 0.1) is 0 Å². The molecule has 1 saturated heterocycles. The Balaban J connectivity index is 2.28. The minimum Gasteiger partial charge on any atom is -0.312 e. The lowest BCUT2D eigenvalue weighted by molar-refractivity contribution is 0.209. The minimum atomic E-state index is 0.377. The molecule has 3 nitrogen and oxygen atoms in total. The van der Waals surface area contributed by atoms with Gasteiger partial charge in [0.15, 0.2) is 0 Å². The van der Waals surface area contributed by atoms with Crippen molar-refractivity contribution in [1.82, 2.24) is 15.5 Å². The first kappa shape index (κ1) is 14.5. The maximum absolute atomic E-state index is 3.66. The molecular weight excluding hydrogens is 234 g/mol. The van der Waals surface area contributed by atoms with Gasteiger partial charge < -0.3 is 15.5 Å². The second-order valence-electron chi connectivity index (χ2n) is 5.88. The van der Waals surface area contributed by atoms with Crippen molar-refractivity contribution < 1.29 is 0 Å². The number of rotatable bonds is 3. The van der Waals surface area contributed by atoms with Gasteiger partial charge in [-0.15, -0.1) is 0 Å². The summed E-state index contributed by atoms with van der Waals surface area (Å²) >= 11 is 0. The Morgan fingerprint density at radius 3 is 2.53 bits per heavy atom. The molecule has 0 radical (unpaired) electrons. The lowest BCUT2D eigenvalue weighted by Crippen LogP contribution is -2.54. The smallest absolute Gasteiger partial charge is 0.0488 e. The number of likely N-dealkylation sites (N-methyl/N-ethyl adjacent to an activating group) is 2. The third-order valence-electron chi connectivity index (χ3n) is 4.34. The van der Waals surface area contributed by atoms with Crippen LogP contribution in [0.25, 0.3) is 0 Å². The Bertz CT molecular complexity index is 442. The fraction of sp³-hybridized carbons (Fsp3) is 0.625. The SMILES string of the molecule is CNC(c1cc(C)c(C)cc1C)C1CN(C)CCN1. The number of piperazine rings is 1. The van der Waals surface area contributed by atoms with Crippen LogP contribution in [0, 0.1) is 20.8 Å². The van der Waals surface area contributed by atoms with Crippen molar-refractivity contribution in [2.24, 2.45) is 0 Å². The normalized spacial score (nSPS) is 22.5. The third kappa shape index (κ3) is 3.16. The average molecular weight is 261 g/mol. The standard InChI is InChI=1S/C16H27N3/c1-11-8-13(3)14(9-12(11)2)16(17-4)15-10-19(5)7-6-18-15/h8-9,15-18H,6-7,10H2,1-5H3. The summed E-state index contributed by atoms with van der Waals surface area (Å²) in [4.78, 5) is 2.40. The van der Waals surface area contributed by atoms with Gasteiger partial charge in [-0.2, -0.15) is 0 Å². The molecule has 1 aliphatic rings. The molecule has 106 valence electrons. The Morgan fingerprint density at radius 1 is 1.21 bits per heavy atom. The summed E-state index contributed by atoms with van der Waals surface area (Å²) in [6, 6.07) is 5.51. The quantitative estimate of drug-likeness (QED) is 0.868. The molecule has 1 fully saturated rings. The van der Waals surface area contributed by atoms with Crippen molar-refractivity contribution >= 4 is 0 Å². The average Bonchev–Trinajstić information content (AvgIpc) is 2.36. The van der Waals surface area contributed by atoms with E-state index in [2.05, 4.69) is 62.5 Å². The number of nitrogens with zero attached hydrogens (tertiary/aromatic N) is 1. The van der Waals surface area contributed by atoms with Crippen LogP contribution in [0.15, 0.2) is 12.1 Å². The van der Waals surface area contributed by atoms with Crippen molar-refractivity contribution in [3.63, 3.8) is 0 Å². The molecule has 1 aromatic rings. The maximum atomic E-state index is 3.66. The zero-order valence-electron chi connectivity index (χ0n) is 12.9. The van der Waals surface area contributed by atoms with Crippen molar-refractivity contribution in [3.8, 4) is 0 Å². The summed E-state index contributed by atoms with van der Waals surface area (Å²) in [5.41, 5.74) is 5.57. The molecule has 1 aromatic carbocycles. The van der Waals surface area contributed by atoms with Gasteiger partial charge in [-0.05, 0) is 57.1 Å². The van der Waals surface area contributed by atoms with E-state index in [0.29, 0.717) is 12.1 Å². The largest absolute Gasteiger partial charge is 0.312 e. The number of benzene rings is 1. The summed E-state index contributed by atoms with van der Waals surface area (Å²) in [6.07, 6.45) is 0. The first-order chi connectivity index (χ1) is 9.02. The topological polar surface area (TPSA) is 27.3 Å². The number of hydrogen-bond acceptors (Lipinski definition) is 3. The molecule has 3 heteroatoms. The summed E-state index contributed by atoms with van der Waals surface area (Å²) in [5, 5.41) is 7.16. The molecule has 0 aliphatic carbocycles. The fourth-order valence-corrected chi connectivity index (χ4v) is 3.05. The van der Waals surface area contributed by atoms with Crippen LogP contribution in [0.5, 0.6) is 0 Å². The van der Waals surface area contributed by atoms with E-state index in [0.717, 1.165) is 19.6 Å². The Morgan fingerprint density at radius 2 is 1.89 bits per heavy atom. The number of aryl methyl sites for hydroxylation is 3. The molecule has 2 unspecified atom stereocenters. The molecule has 2 rings (SSSR count). The molecular formula is C16H27N3. The summed E-state index contributed by atoms with van der Waals surface area (Å²) in [6.45, 7) is 9.91. The highest BCUT2D eigenvalue weighted by atomic mass is 15.2. The van der Waals surface area contributed by atoms with Gasteiger partial charge in [0.1, 0.15) is 0 Å². The molecule has 0 bridgehead atoms. The van der Waals surface area contributed by atoms with E-state index in [4.69, 9.17) is 0 Å². The zero-order valence-corrected chi connectivity index (χ0v) is 12.9. The first-order valence-corrected chi connectivity index (χ1v) is 7.20. The molecule has 19 heavy (non-hydrogen) atoms. The van der Waals surface area contributed by atoms with Gasteiger partial charge in [0.2, 0.25) is 0 Å². The molecule has 0 spiro atoms. The molecule has 2 atom stereocenters. The van der Waals surface area contributed by atoms with Crippen LogP contribution < -0.4 is 10.6 Å². The highest BCUT2D eigenvalue weighted by Gasteiger charge is 2.26. The van der Waals surface area contributed by atoms with Crippen LogP contribution >= 0.6 is 0 Å². The Kier molecular flexibility index (Phi) is 4.61. The lowest BCUT2D eigenvalue weighted by Gasteiger charge is -2.37. The van der Waals surface area contributed by atoms with Gasteiger partial charge in [0, 0.05) is 31.7 Å². The summed E-state index contributed by atoms with van der Waals surface area (Å²) < 4.78 is 0. The van der Waals surface area contributed by atoms with E-state index in [-0.39, 0.29) is 0 Å². The third-order valence-corrected chi connectivity index (χ3v) is 4.34. The van der Waals surface area contributed by atoms with E-state index in [1.165, 1.54) is 22.3 Å². The van der Waals surface area contributed by atoms with Crippen molar-refractivity contribution in [2.75, 3.05) is 33.7 Å². The molecule has 0 saturated carbocycles. The van der Waals surface area contributed by atoms with E-state index >= 15 is 0 Å². The number of hydrogen-bond donors (Lipinski definition) is 2. The first-order valence-electron chi connectivity index (χ1n) is 7.20. The van der Waals surface area contributed by atoms with Crippen LogP contribution in [0.4, 0.5) is 0 Å². The highest BCUT2D eigenvalue weighted by molar-refractivity contribution is 5.39. The van der Waals surface area contributed by atoms with Crippen molar-refractivity contribution in [1.29, 1.82) is 0 Å². The molecule has 0 aromatic heterocycles. The van der Waals surface area contributed by atoms with Crippen molar-refractivity contribution in [2.45, 2.75) is 32.9 Å². The zero-order chi connectivity index (χ0) is 14.0. The minimum absolute atomic E-state index is 0.377. The second kappa shape index (κ2) is 6.04. The van der Waals surface area contributed by atoms with Gasteiger partial charge in [-0.3, -0.25) is 0 Å². The van der Waals surface area contributed by atoms with Gasteiger partial charge in [-0.1, -0.05) is 12.1 Å². The number of nitrogens with one attached hydrogen (secondary N) is 2. The maximum Gasteiger partial charge on any atom is 0.0488 e. The predicted molar refractivity (Wildman–Crippen MR) is 81.7 cm³/mol.